The molecule has 0 amide bonds. The minimum atomic E-state index is 0.800. The Bertz CT molecular complexity index is 490. The Hall–Kier alpha value is -1.76. The summed E-state index contributed by atoms with van der Waals surface area (Å²) < 4.78 is 5.71. The zero-order valence-corrected chi connectivity index (χ0v) is 12.1. The monoisotopic (exact) mass is 267 g/mol. The van der Waals surface area contributed by atoms with Crippen LogP contribution in [0.4, 0.5) is 0 Å². The SMILES string of the molecule is [CH2]c1cccc(OCCCCCCc2ccccc2)c1. The Kier molecular flexibility index (Phi) is 6.16. The lowest BCUT2D eigenvalue weighted by molar-refractivity contribution is 0.304. The molecule has 0 heterocycles. The number of benzene rings is 2. The van der Waals surface area contributed by atoms with Gasteiger partial charge in [-0.3, -0.25) is 0 Å². The van der Waals surface area contributed by atoms with Gasteiger partial charge in [-0.25, -0.2) is 0 Å². The normalized spacial score (nSPS) is 10.4. The number of aryl methyl sites for hydroxylation is 1. The number of hydrogen-bond donors (Lipinski definition) is 0. The Morgan fingerprint density at radius 3 is 2.40 bits per heavy atom. The average molecular weight is 267 g/mol. The zero-order valence-electron chi connectivity index (χ0n) is 12.1. The summed E-state index contributed by atoms with van der Waals surface area (Å²) in [6, 6.07) is 18.6. The van der Waals surface area contributed by atoms with E-state index in [4.69, 9.17) is 4.74 Å². The van der Waals surface area contributed by atoms with Gasteiger partial charge in [0.25, 0.3) is 0 Å². The molecule has 2 rings (SSSR count). The molecule has 0 aliphatic carbocycles. The molecule has 0 aliphatic rings. The Labute approximate surface area is 122 Å². The molecule has 2 aromatic rings. The summed E-state index contributed by atoms with van der Waals surface area (Å²) in [5.74, 6) is 0.932. The largest absolute Gasteiger partial charge is 0.494 e. The first-order valence-corrected chi connectivity index (χ1v) is 7.43. The Morgan fingerprint density at radius 2 is 1.60 bits per heavy atom. The van der Waals surface area contributed by atoms with E-state index in [-0.39, 0.29) is 0 Å². The third kappa shape index (κ3) is 5.48. The molecular formula is C19H23O. The van der Waals surface area contributed by atoms with Crippen LogP contribution in [0.2, 0.25) is 0 Å². The molecule has 0 aliphatic heterocycles. The highest BCUT2D eigenvalue weighted by Crippen LogP contribution is 2.13. The average Bonchev–Trinajstić information content (AvgIpc) is 2.47. The van der Waals surface area contributed by atoms with E-state index in [0.29, 0.717) is 0 Å². The molecule has 0 bridgehead atoms. The van der Waals surface area contributed by atoms with Crippen molar-refractivity contribution in [1.82, 2.24) is 0 Å². The molecular weight excluding hydrogens is 244 g/mol. The lowest BCUT2D eigenvalue weighted by Gasteiger charge is -2.06. The maximum absolute atomic E-state index is 5.71. The molecule has 20 heavy (non-hydrogen) atoms. The summed E-state index contributed by atoms with van der Waals surface area (Å²) in [6.07, 6.45) is 6.07. The fourth-order valence-corrected chi connectivity index (χ4v) is 2.25. The van der Waals surface area contributed by atoms with Crippen LogP contribution >= 0.6 is 0 Å². The lowest BCUT2D eigenvalue weighted by Crippen LogP contribution is -1.97. The van der Waals surface area contributed by atoms with E-state index in [1.54, 1.807) is 0 Å². The van der Waals surface area contributed by atoms with E-state index in [1.165, 1.54) is 31.2 Å². The van der Waals surface area contributed by atoms with Crippen molar-refractivity contribution in [1.29, 1.82) is 0 Å². The molecule has 0 saturated carbocycles. The first-order chi connectivity index (χ1) is 9.84. The molecule has 0 spiro atoms. The van der Waals surface area contributed by atoms with Crippen molar-refractivity contribution in [3.8, 4) is 5.75 Å². The van der Waals surface area contributed by atoms with Gasteiger partial charge in [0.05, 0.1) is 6.61 Å². The van der Waals surface area contributed by atoms with Crippen molar-refractivity contribution >= 4 is 0 Å². The van der Waals surface area contributed by atoms with E-state index in [9.17, 15) is 0 Å². The quantitative estimate of drug-likeness (QED) is 0.608. The minimum absolute atomic E-state index is 0.800. The highest BCUT2D eigenvalue weighted by molar-refractivity contribution is 5.29. The van der Waals surface area contributed by atoms with Gasteiger partial charge >= 0.3 is 0 Å². The first kappa shape index (κ1) is 14.6. The van der Waals surface area contributed by atoms with Gasteiger partial charge in [0.15, 0.2) is 0 Å². The van der Waals surface area contributed by atoms with Crippen LogP contribution in [0, 0.1) is 6.92 Å². The van der Waals surface area contributed by atoms with Gasteiger partial charge < -0.3 is 4.74 Å². The van der Waals surface area contributed by atoms with E-state index in [1.807, 2.05) is 24.3 Å². The summed E-state index contributed by atoms with van der Waals surface area (Å²) in [5, 5.41) is 0. The zero-order chi connectivity index (χ0) is 14.0. The van der Waals surface area contributed by atoms with Crippen LogP contribution in [0.25, 0.3) is 0 Å². The van der Waals surface area contributed by atoms with E-state index in [0.717, 1.165) is 24.3 Å². The van der Waals surface area contributed by atoms with E-state index >= 15 is 0 Å². The minimum Gasteiger partial charge on any atom is -0.494 e. The van der Waals surface area contributed by atoms with Crippen LogP contribution < -0.4 is 4.74 Å². The summed E-state index contributed by atoms with van der Waals surface area (Å²) in [6.45, 7) is 4.70. The lowest BCUT2D eigenvalue weighted by atomic mass is 10.1. The van der Waals surface area contributed by atoms with Crippen LogP contribution in [0.15, 0.2) is 54.6 Å². The van der Waals surface area contributed by atoms with Gasteiger partial charge in [0, 0.05) is 0 Å². The molecule has 0 aromatic heterocycles. The molecule has 0 fully saturated rings. The van der Waals surface area contributed by atoms with E-state index in [2.05, 4.69) is 37.3 Å². The fourth-order valence-electron chi connectivity index (χ4n) is 2.25. The second kappa shape index (κ2) is 8.42. The topological polar surface area (TPSA) is 9.23 Å². The molecule has 1 heteroatoms. The third-order valence-corrected chi connectivity index (χ3v) is 3.37. The van der Waals surface area contributed by atoms with Crippen molar-refractivity contribution in [3.05, 3.63) is 72.6 Å². The number of unbranched alkanes of at least 4 members (excludes halogenated alkanes) is 3. The van der Waals surface area contributed by atoms with Gasteiger partial charge in [-0.1, -0.05) is 55.3 Å². The summed E-state index contributed by atoms with van der Waals surface area (Å²) in [7, 11) is 0. The van der Waals surface area contributed by atoms with Gasteiger partial charge in [0.1, 0.15) is 5.75 Å². The second-order valence-corrected chi connectivity index (χ2v) is 5.15. The van der Waals surface area contributed by atoms with Crippen molar-refractivity contribution in [3.63, 3.8) is 0 Å². The molecule has 0 N–H and O–H groups in total. The molecule has 0 unspecified atom stereocenters. The maximum atomic E-state index is 5.71. The third-order valence-electron chi connectivity index (χ3n) is 3.37. The van der Waals surface area contributed by atoms with Gasteiger partial charge in [-0.05, 0) is 49.4 Å². The van der Waals surface area contributed by atoms with Crippen LogP contribution in [-0.4, -0.2) is 6.61 Å². The predicted octanol–water partition coefficient (Wildman–Crippen LogP) is 5.05. The van der Waals surface area contributed by atoms with Crippen molar-refractivity contribution in [2.24, 2.45) is 0 Å². The van der Waals surface area contributed by atoms with Crippen LogP contribution in [-0.2, 0) is 6.42 Å². The van der Waals surface area contributed by atoms with Crippen LogP contribution in [0.5, 0.6) is 5.75 Å². The highest BCUT2D eigenvalue weighted by atomic mass is 16.5. The summed E-state index contributed by atoms with van der Waals surface area (Å²) in [4.78, 5) is 0. The summed E-state index contributed by atoms with van der Waals surface area (Å²) >= 11 is 0. The molecule has 0 atom stereocenters. The van der Waals surface area contributed by atoms with Crippen LogP contribution in [0.3, 0.4) is 0 Å². The molecule has 1 radical (unpaired) electrons. The summed E-state index contributed by atoms with van der Waals surface area (Å²) in [5.41, 5.74) is 2.45. The maximum Gasteiger partial charge on any atom is 0.119 e. The Morgan fingerprint density at radius 1 is 0.800 bits per heavy atom. The number of rotatable bonds is 8. The predicted molar refractivity (Wildman–Crippen MR) is 85.0 cm³/mol. The van der Waals surface area contributed by atoms with Gasteiger partial charge in [-0.15, -0.1) is 0 Å². The second-order valence-electron chi connectivity index (χ2n) is 5.15. The van der Waals surface area contributed by atoms with Crippen molar-refractivity contribution < 1.29 is 4.74 Å². The number of hydrogen-bond acceptors (Lipinski definition) is 1. The fraction of sp³-hybridized carbons (Fsp3) is 0.316. The van der Waals surface area contributed by atoms with Crippen molar-refractivity contribution in [2.45, 2.75) is 32.1 Å². The first-order valence-electron chi connectivity index (χ1n) is 7.43. The number of ether oxygens (including phenoxy) is 1. The molecule has 1 nitrogen and oxygen atoms in total. The van der Waals surface area contributed by atoms with Gasteiger partial charge in [-0.2, -0.15) is 0 Å². The molecule has 2 aromatic carbocycles. The Balaban J connectivity index is 1.52. The molecule has 0 saturated heterocycles. The van der Waals surface area contributed by atoms with Crippen LogP contribution in [0.1, 0.15) is 36.8 Å². The van der Waals surface area contributed by atoms with E-state index < -0.39 is 0 Å². The highest BCUT2D eigenvalue weighted by Gasteiger charge is 1.96. The van der Waals surface area contributed by atoms with Crippen molar-refractivity contribution in [2.75, 3.05) is 6.61 Å². The van der Waals surface area contributed by atoms with Gasteiger partial charge in [0.2, 0.25) is 0 Å². The molecule has 105 valence electrons. The standard InChI is InChI=1S/C19H23O/c1-17-10-9-14-19(16-17)20-15-8-3-2-5-11-18-12-6-4-7-13-18/h4,6-7,9-10,12-14,16H,1-3,5,8,11,15H2. The smallest absolute Gasteiger partial charge is 0.119 e.